The number of nitrogens with one attached hydrogen (secondary N) is 1. The molecule has 1 aromatic rings. The molecule has 2 rings (SSSR count). The van der Waals surface area contributed by atoms with E-state index < -0.39 is 0 Å². The van der Waals surface area contributed by atoms with Crippen molar-refractivity contribution < 1.29 is 4.74 Å². The molecule has 1 aromatic heterocycles. The molecule has 5 heteroatoms. The maximum Gasteiger partial charge on any atom is 0.224 e. The molecule has 2 heterocycles. The largest absolute Gasteiger partial charge is 0.379 e. The summed E-state index contributed by atoms with van der Waals surface area (Å²) in [7, 11) is 2.07. The van der Waals surface area contributed by atoms with Gasteiger partial charge in [0.2, 0.25) is 5.95 Å². The fraction of sp³-hybridized carbons (Fsp3) is 0.692. The molecule has 1 saturated heterocycles. The number of rotatable bonds is 5. The van der Waals surface area contributed by atoms with Crippen molar-refractivity contribution in [2.75, 3.05) is 37.0 Å². The normalized spacial score (nSPS) is 18.9. The van der Waals surface area contributed by atoms with Crippen molar-refractivity contribution in [1.82, 2.24) is 9.97 Å². The third-order valence-electron chi connectivity index (χ3n) is 3.19. The Kier molecular flexibility index (Phi) is 4.36. The van der Waals surface area contributed by atoms with Crippen LogP contribution < -0.4 is 10.2 Å². The summed E-state index contributed by atoms with van der Waals surface area (Å²) in [5, 5.41) is 3.24. The molecule has 0 aromatic carbocycles. The van der Waals surface area contributed by atoms with Crippen LogP contribution in [-0.4, -0.2) is 42.8 Å². The molecule has 1 aliphatic rings. The van der Waals surface area contributed by atoms with Crippen LogP contribution in [0.5, 0.6) is 0 Å². The Hall–Kier alpha value is -1.36. The summed E-state index contributed by atoms with van der Waals surface area (Å²) < 4.78 is 5.42. The zero-order valence-electron chi connectivity index (χ0n) is 11.4. The van der Waals surface area contributed by atoms with Gasteiger partial charge in [0.15, 0.2) is 0 Å². The Morgan fingerprint density at radius 1 is 1.50 bits per heavy atom. The quantitative estimate of drug-likeness (QED) is 0.864. The van der Waals surface area contributed by atoms with E-state index in [2.05, 4.69) is 34.2 Å². The molecule has 100 valence electrons. The molecular weight excluding hydrogens is 228 g/mol. The second-order valence-electron chi connectivity index (χ2n) is 4.75. The summed E-state index contributed by atoms with van der Waals surface area (Å²) in [6.07, 6.45) is 2.14. The minimum Gasteiger partial charge on any atom is -0.379 e. The zero-order valence-corrected chi connectivity index (χ0v) is 11.4. The third-order valence-corrected chi connectivity index (χ3v) is 3.19. The van der Waals surface area contributed by atoms with E-state index in [0.717, 1.165) is 50.1 Å². The number of hydrogen-bond acceptors (Lipinski definition) is 5. The lowest BCUT2D eigenvalue weighted by Gasteiger charge is -2.24. The molecule has 1 N–H and O–H groups in total. The van der Waals surface area contributed by atoms with E-state index >= 15 is 0 Å². The number of aromatic nitrogens is 2. The van der Waals surface area contributed by atoms with E-state index in [1.54, 1.807) is 0 Å². The molecule has 5 nitrogen and oxygen atoms in total. The Balaban J connectivity index is 2.13. The maximum absolute atomic E-state index is 5.42. The molecule has 1 fully saturated rings. The monoisotopic (exact) mass is 250 g/mol. The highest BCUT2D eigenvalue weighted by Gasteiger charge is 2.21. The van der Waals surface area contributed by atoms with Crippen LogP contribution >= 0.6 is 0 Å². The molecule has 0 amide bonds. The van der Waals surface area contributed by atoms with E-state index in [9.17, 15) is 0 Å². The van der Waals surface area contributed by atoms with Crippen molar-refractivity contribution in [3.05, 3.63) is 11.8 Å². The van der Waals surface area contributed by atoms with Gasteiger partial charge in [-0.2, -0.15) is 4.98 Å². The van der Waals surface area contributed by atoms with Crippen LogP contribution in [0.15, 0.2) is 6.07 Å². The minimum absolute atomic E-state index is 0.429. The molecular formula is C13H22N4O. The smallest absolute Gasteiger partial charge is 0.224 e. The number of likely N-dealkylation sites (N-methyl/N-ethyl adjacent to an activating group) is 1. The zero-order chi connectivity index (χ0) is 13.0. The summed E-state index contributed by atoms with van der Waals surface area (Å²) in [5.41, 5.74) is 0.990. The molecule has 1 aliphatic heterocycles. The first-order chi connectivity index (χ1) is 8.70. The highest BCUT2D eigenvalue weighted by Crippen LogP contribution is 2.20. The average molecular weight is 250 g/mol. The van der Waals surface area contributed by atoms with Gasteiger partial charge in [0.05, 0.1) is 12.6 Å². The predicted octanol–water partition coefficient (Wildman–Crippen LogP) is 1.83. The minimum atomic E-state index is 0.429. The van der Waals surface area contributed by atoms with Gasteiger partial charge in [-0.1, -0.05) is 6.92 Å². The van der Waals surface area contributed by atoms with Crippen LogP contribution in [0.3, 0.4) is 0 Å². The van der Waals surface area contributed by atoms with Gasteiger partial charge in [0, 0.05) is 32.0 Å². The highest BCUT2D eigenvalue weighted by molar-refractivity contribution is 5.45. The lowest BCUT2D eigenvalue weighted by molar-refractivity contribution is 0.193. The number of aryl methyl sites for hydroxylation is 1. The molecule has 0 spiro atoms. The number of nitrogens with zero attached hydrogens (tertiary/aromatic N) is 3. The van der Waals surface area contributed by atoms with Crippen molar-refractivity contribution in [2.24, 2.45) is 0 Å². The van der Waals surface area contributed by atoms with Crippen LogP contribution in [0, 0.1) is 6.92 Å². The second-order valence-corrected chi connectivity index (χ2v) is 4.75. The van der Waals surface area contributed by atoms with Gasteiger partial charge in [-0.25, -0.2) is 4.98 Å². The van der Waals surface area contributed by atoms with Gasteiger partial charge in [0.25, 0.3) is 0 Å². The van der Waals surface area contributed by atoms with E-state index in [4.69, 9.17) is 4.74 Å². The number of anilines is 2. The second kappa shape index (κ2) is 6.00. The van der Waals surface area contributed by atoms with Crippen LogP contribution in [0.1, 0.15) is 25.5 Å². The fourth-order valence-electron chi connectivity index (χ4n) is 2.06. The van der Waals surface area contributed by atoms with E-state index in [-0.39, 0.29) is 0 Å². The molecule has 1 unspecified atom stereocenters. The number of hydrogen-bond donors (Lipinski definition) is 1. The van der Waals surface area contributed by atoms with Crippen molar-refractivity contribution in [1.29, 1.82) is 0 Å². The Morgan fingerprint density at radius 3 is 3.00 bits per heavy atom. The molecule has 0 aliphatic carbocycles. The topological polar surface area (TPSA) is 50.3 Å². The van der Waals surface area contributed by atoms with E-state index in [1.165, 1.54) is 0 Å². The molecule has 0 bridgehead atoms. The molecule has 0 saturated carbocycles. The molecule has 1 atom stereocenters. The summed E-state index contributed by atoms with van der Waals surface area (Å²) in [5.74, 6) is 1.69. The van der Waals surface area contributed by atoms with Crippen molar-refractivity contribution >= 4 is 11.8 Å². The first-order valence-electron chi connectivity index (χ1n) is 6.61. The van der Waals surface area contributed by atoms with Gasteiger partial charge in [-0.15, -0.1) is 0 Å². The first-order valence-corrected chi connectivity index (χ1v) is 6.61. The van der Waals surface area contributed by atoms with Crippen molar-refractivity contribution in [3.63, 3.8) is 0 Å². The summed E-state index contributed by atoms with van der Waals surface area (Å²) in [6, 6.07) is 2.45. The van der Waals surface area contributed by atoms with Crippen LogP contribution in [-0.2, 0) is 4.74 Å². The summed E-state index contributed by atoms with van der Waals surface area (Å²) in [4.78, 5) is 11.2. The van der Waals surface area contributed by atoms with Gasteiger partial charge in [-0.05, 0) is 19.8 Å². The summed E-state index contributed by atoms with van der Waals surface area (Å²) in [6.45, 7) is 6.67. The average Bonchev–Trinajstić information content (AvgIpc) is 2.88. The molecule has 0 radical (unpaired) electrons. The Bertz CT molecular complexity index is 391. The number of ether oxygens (including phenoxy) is 1. The van der Waals surface area contributed by atoms with Crippen molar-refractivity contribution in [3.8, 4) is 0 Å². The van der Waals surface area contributed by atoms with E-state index in [0.29, 0.717) is 6.04 Å². The van der Waals surface area contributed by atoms with Gasteiger partial charge in [0.1, 0.15) is 5.82 Å². The lowest BCUT2D eigenvalue weighted by Crippen LogP contribution is -2.32. The predicted molar refractivity (Wildman–Crippen MR) is 73.2 cm³/mol. The lowest BCUT2D eigenvalue weighted by atomic mass is 10.2. The highest BCUT2D eigenvalue weighted by atomic mass is 16.5. The standard InChI is InChI=1S/C13H22N4O/c1-4-6-14-13-15-10(2)8-12(16-13)17(3)11-5-7-18-9-11/h8,11H,4-7,9H2,1-3H3,(H,14,15,16). The summed E-state index contributed by atoms with van der Waals surface area (Å²) >= 11 is 0. The Labute approximate surface area is 109 Å². The third kappa shape index (κ3) is 3.10. The van der Waals surface area contributed by atoms with Crippen molar-refractivity contribution in [2.45, 2.75) is 32.7 Å². The SMILES string of the molecule is CCCNc1nc(C)cc(N(C)C2CCOC2)n1. The molecule has 18 heavy (non-hydrogen) atoms. The van der Waals surface area contributed by atoms with Crippen LogP contribution in [0.2, 0.25) is 0 Å². The maximum atomic E-state index is 5.42. The van der Waals surface area contributed by atoms with Gasteiger partial charge in [-0.3, -0.25) is 0 Å². The van der Waals surface area contributed by atoms with Gasteiger partial charge >= 0.3 is 0 Å². The van der Waals surface area contributed by atoms with E-state index in [1.807, 2.05) is 13.0 Å². The van der Waals surface area contributed by atoms with Crippen LogP contribution in [0.25, 0.3) is 0 Å². The van der Waals surface area contributed by atoms with Gasteiger partial charge < -0.3 is 15.0 Å². The van der Waals surface area contributed by atoms with Crippen LogP contribution in [0.4, 0.5) is 11.8 Å². The first kappa shape index (κ1) is 13.1. The Morgan fingerprint density at radius 2 is 2.33 bits per heavy atom. The fourth-order valence-corrected chi connectivity index (χ4v) is 2.06.